The van der Waals surface area contributed by atoms with E-state index in [-0.39, 0.29) is 36.5 Å². The maximum atomic E-state index is 13.2. The second kappa shape index (κ2) is 11.7. The zero-order valence-electron chi connectivity index (χ0n) is 19.8. The van der Waals surface area contributed by atoms with Crippen LogP contribution in [-0.4, -0.2) is 41.4 Å². The van der Waals surface area contributed by atoms with E-state index in [1.54, 1.807) is 25.1 Å². The molecule has 1 aromatic carbocycles. The van der Waals surface area contributed by atoms with Crippen LogP contribution in [0.1, 0.15) is 44.2 Å². The Labute approximate surface area is 207 Å². The highest BCUT2D eigenvalue weighted by molar-refractivity contribution is 5.67. The van der Waals surface area contributed by atoms with Crippen molar-refractivity contribution in [2.75, 3.05) is 6.54 Å². The molecule has 194 valence electrons. The van der Waals surface area contributed by atoms with E-state index in [2.05, 4.69) is 28.1 Å². The Bertz CT molecular complexity index is 1070. The number of hydrogen-bond donors (Lipinski definition) is 1. The van der Waals surface area contributed by atoms with Crippen LogP contribution in [0.4, 0.5) is 22.0 Å². The normalized spacial score (nSPS) is 23.4. The molecule has 1 fully saturated rings. The van der Waals surface area contributed by atoms with Crippen molar-refractivity contribution >= 4 is 5.97 Å². The molecular weight excluding hydrogens is 481 g/mol. The minimum atomic E-state index is -4.43. The molecule has 0 spiro atoms. The number of hydrogen-bond acceptors (Lipinski definition) is 3. The molecule has 1 aliphatic carbocycles. The zero-order chi connectivity index (χ0) is 26.5. The first-order valence-corrected chi connectivity index (χ1v) is 11.6. The third-order valence-electron chi connectivity index (χ3n) is 6.39. The highest BCUT2D eigenvalue weighted by Crippen LogP contribution is 2.40. The molecule has 1 saturated heterocycles. The van der Waals surface area contributed by atoms with E-state index >= 15 is 0 Å². The van der Waals surface area contributed by atoms with Crippen LogP contribution in [0.25, 0.3) is 0 Å². The lowest BCUT2D eigenvalue weighted by atomic mass is 9.78. The first-order valence-electron chi connectivity index (χ1n) is 11.6. The summed E-state index contributed by atoms with van der Waals surface area (Å²) in [5.74, 6) is 4.83. The minimum absolute atomic E-state index is 0.00268. The van der Waals surface area contributed by atoms with Crippen LogP contribution in [0.15, 0.2) is 60.2 Å². The molecule has 1 aliphatic heterocycles. The van der Waals surface area contributed by atoms with Gasteiger partial charge in [0.2, 0.25) is 0 Å². The average Bonchev–Trinajstić information content (AvgIpc) is 2.79. The maximum Gasteiger partial charge on any atom is 0.416 e. The number of alkyl halides is 5. The van der Waals surface area contributed by atoms with E-state index in [9.17, 15) is 31.9 Å². The number of ether oxygens (including phenoxy) is 1. The molecule has 1 unspecified atom stereocenters. The Hall–Kier alpha value is -3.12. The van der Waals surface area contributed by atoms with Gasteiger partial charge >= 0.3 is 18.8 Å². The number of nitrogens with zero attached hydrogens (tertiary/aromatic N) is 1. The van der Waals surface area contributed by atoms with Gasteiger partial charge in [-0.2, -0.15) is 22.0 Å². The Kier molecular flexibility index (Phi) is 8.96. The molecule has 36 heavy (non-hydrogen) atoms. The zero-order valence-corrected chi connectivity index (χ0v) is 19.8. The standard InChI is InChI=1S/C27H28F5NO3/c1-17(2)3-12-23(19-6-10-22(11-7-19)36-26(28)29)33-14-13-18(16-25(34)35)15-24(33)20-4-8-21(9-5-20)27(30,31)32/h4,6-11,18,20,23-24,26H,1,5,13-16H2,2H3,(H,34,35)/t18-,20?,23-,24+/m0/s1. The lowest BCUT2D eigenvalue weighted by Crippen LogP contribution is -2.48. The maximum absolute atomic E-state index is 13.2. The molecule has 0 amide bonds. The Balaban J connectivity index is 1.95. The minimum Gasteiger partial charge on any atom is -0.481 e. The third-order valence-corrected chi connectivity index (χ3v) is 6.39. The monoisotopic (exact) mass is 509 g/mol. The molecular formula is C27H28F5NO3. The largest absolute Gasteiger partial charge is 0.481 e. The van der Waals surface area contributed by atoms with Gasteiger partial charge in [0, 0.05) is 19.0 Å². The van der Waals surface area contributed by atoms with Crippen molar-refractivity contribution in [2.45, 2.75) is 57.5 Å². The molecule has 1 heterocycles. The molecule has 0 radical (unpaired) electrons. The molecule has 3 rings (SSSR count). The van der Waals surface area contributed by atoms with Crippen molar-refractivity contribution in [3.63, 3.8) is 0 Å². The van der Waals surface area contributed by atoms with E-state index in [1.807, 2.05) is 0 Å². The summed E-state index contributed by atoms with van der Waals surface area (Å²) in [4.78, 5) is 13.4. The van der Waals surface area contributed by atoms with Gasteiger partial charge < -0.3 is 9.84 Å². The van der Waals surface area contributed by atoms with E-state index in [0.29, 0.717) is 30.5 Å². The SMILES string of the molecule is C=C(C)C#C[C@@H](c1ccc(OC(F)F)cc1)N1CC[C@H](CC(=O)O)C[C@@H]1C1C=CC(C(F)(F)F)=CC1. The van der Waals surface area contributed by atoms with Gasteiger partial charge in [-0.25, -0.2) is 0 Å². The number of carbonyl (C=O) groups is 1. The molecule has 2 aliphatic rings. The molecule has 1 N–H and O–H groups in total. The average molecular weight is 510 g/mol. The van der Waals surface area contributed by atoms with E-state index in [1.165, 1.54) is 18.2 Å². The fourth-order valence-electron chi connectivity index (χ4n) is 4.78. The number of aliphatic carboxylic acids is 1. The summed E-state index contributed by atoms with van der Waals surface area (Å²) in [7, 11) is 0. The fraction of sp³-hybridized carbons (Fsp3) is 0.444. The third kappa shape index (κ3) is 7.44. The lowest BCUT2D eigenvalue weighted by molar-refractivity contribution is -0.138. The van der Waals surface area contributed by atoms with Gasteiger partial charge in [0.1, 0.15) is 5.75 Å². The summed E-state index contributed by atoms with van der Waals surface area (Å²) in [6.07, 6.45) is 0.575. The van der Waals surface area contributed by atoms with Gasteiger partial charge in [-0.05, 0) is 61.3 Å². The number of rotatable bonds is 7. The summed E-state index contributed by atoms with van der Waals surface area (Å²) < 4.78 is 69.1. The molecule has 0 saturated carbocycles. The summed E-state index contributed by atoms with van der Waals surface area (Å²) in [5, 5.41) is 9.31. The molecule has 4 nitrogen and oxygen atoms in total. The first kappa shape index (κ1) is 27.5. The van der Waals surface area contributed by atoms with Gasteiger partial charge in [-0.3, -0.25) is 9.69 Å². The van der Waals surface area contributed by atoms with Crippen LogP contribution in [0, 0.1) is 23.7 Å². The Morgan fingerprint density at radius 1 is 1.28 bits per heavy atom. The number of allylic oxidation sites excluding steroid dienone is 4. The Morgan fingerprint density at radius 2 is 1.97 bits per heavy atom. The van der Waals surface area contributed by atoms with E-state index < -0.39 is 30.4 Å². The number of carboxylic acid groups (broad SMARTS) is 1. The summed E-state index contributed by atoms with van der Waals surface area (Å²) in [5.41, 5.74) is 0.625. The van der Waals surface area contributed by atoms with Crippen molar-refractivity contribution in [1.29, 1.82) is 0 Å². The van der Waals surface area contributed by atoms with E-state index in [0.717, 1.165) is 6.08 Å². The van der Waals surface area contributed by atoms with Crippen LogP contribution in [0.3, 0.4) is 0 Å². The number of likely N-dealkylation sites (tertiary alicyclic amines) is 1. The van der Waals surface area contributed by atoms with Crippen LogP contribution >= 0.6 is 0 Å². The van der Waals surface area contributed by atoms with Crippen LogP contribution in [-0.2, 0) is 4.79 Å². The molecule has 4 atom stereocenters. The summed E-state index contributed by atoms with van der Waals surface area (Å²) in [6, 6.07) is 5.33. The quantitative estimate of drug-likeness (QED) is 0.336. The van der Waals surface area contributed by atoms with Gasteiger partial charge in [0.25, 0.3) is 0 Å². The highest BCUT2D eigenvalue weighted by Gasteiger charge is 2.39. The van der Waals surface area contributed by atoms with Crippen LogP contribution < -0.4 is 4.74 Å². The van der Waals surface area contributed by atoms with Crippen molar-refractivity contribution < 1.29 is 36.6 Å². The number of halogens is 5. The highest BCUT2D eigenvalue weighted by atomic mass is 19.4. The molecule has 1 aromatic rings. The molecule has 0 aromatic heterocycles. The van der Waals surface area contributed by atoms with Crippen molar-refractivity contribution in [2.24, 2.45) is 11.8 Å². The van der Waals surface area contributed by atoms with Crippen molar-refractivity contribution in [3.05, 3.63) is 65.8 Å². The topological polar surface area (TPSA) is 49.8 Å². The first-order chi connectivity index (χ1) is 16.9. The number of benzene rings is 1. The second-order valence-electron chi connectivity index (χ2n) is 9.11. The van der Waals surface area contributed by atoms with Gasteiger partial charge in [-0.1, -0.05) is 48.8 Å². The van der Waals surface area contributed by atoms with Crippen LogP contribution in [0.2, 0.25) is 0 Å². The Morgan fingerprint density at radius 3 is 2.50 bits per heavy atom. The van der Waals surface area contributed by atoms with Crippen LogP contribution in [0.5, 0.6) is 5.75 Å². The summed E-state index contributed by atoms with van der Waals surface area (Å²) >= 11 is 0. The van der Waals surface area contributed by atoms with E-state index in [4.69, 9.17) is 0 Å². The molecule has 9 heteroatoms. The number of piperidine rings is 1. The molecule has 0 bridgehead atoms. The second-order valence-corrected chi connectivity index (χ2v) is 9.11. The van der Waals surface area contributed by atoms with Gasteiger partial charge in [-0.15, -0.1) is 0 Å². The van der Waals surface area contributed by atoms with Crippen molar-refractivity contribution in [3.8, 4) is 17.6 Å². The van der Waals surface area contributed by atoms with Crippen molar-refractivity contribution in [1.82, 2.24) is 4.90 Å². The number of carboxylic acids is 1. The summed E-state index contributed by atoms with van der Waals surface area (Å²) in [6.45, 7) is 3.08. The van der Waals surface area contributed by atoms with Gasteiger partial charge in [0.05, 0.1) is 11.6 Å². The smallest absolute Gasteiger partial charge is 0.416 e. The van der Waals surface area contributed by atoms with Gasteiger partial charge in [0.15, 0.2) is 0 Å². The lowest BCUT2D eigenvalue weighted by Gasteiger charge is -2.45. The fourth-order valence-corrected chi connectivity index (χ4v) is 4.78. The predicted octanol–water partition coefficient (Wildman–Crippen LogP) is 6.53. The predicted molar refractivity (Wildman–Crippen MR) is 125 cm³/mol.